The van der Waals surface area contributed by atoms with E-state index in [0.717, 1.165) is 17.5 Å². The highest BCUT2D eigenvalue weighted by molar-refractivity contribution is 7.99. The Hall–Kier alpha value is -2.02. The number of aromatic nitrogens is 3. The lowest BCUT2D eigenvalue weighted by molar-refractivity contribution is -0.113. The number of hydrogen-bond donors (Lipinski definition) is 1. The Bertz CT molecular complexity index is 756. The highest BCUT2D eigenvalue weighted by atomic mass is 32.2. The van der Waals surface area contributed by atoms with Gasteiger partial charge in [0.15, 0.2) is 5.16 Å². The van der Waals surface area contributed by atoms with Crippen LogP contribution < -0.4 is 10.1 Å². The molecule has 3 rings (SSSR count). The van der Waals surface area contributed by atoms with Crippen molar-refractivity contribution < 1.29 is 9.53 Å². The van der Waals surface area contributed by atoms with Crippen molar-refractivity contribution in [3.05, 3.63) is 30.1 Å². The van der Waals surface area contributed by atoms with Gasteiger partial charge >= 0.3 is 0 Å². The number of hydrogen-bond acceptors (Lipinski definition) is 5. The molecule has 0 bridgehead atoms. The van der Waals surface area contributed by atoms with Gasteiger partial charge in [-0.3, -0.25) is 4.79 Å². The highest BCUT2D eigenvalue weighted by Gasteiger charge is 2.23. The summed E-state index contributed by atoms with van der Waals surface area (Å²) in [5, 5.41) is 12.6. The molecule has 6 nitrogen and oxygen atoms in total. The van der Waals surface area contributed by atoms with Gasteiger partial charge in [-0.1, -0.05) is 43.2 Å². The third kappa shape index (κ3) is 5.03. The third-order valence-corrected chi connectivity index (χ3v) is 5.79. The van der Waals surface area contributed by atoms with E-state index in [-0.39, 0.29) is 5.91 Å². The molecule has 0 unspecified atom stereocenters. The van der Waals surface area contributed by atoms with Gasteiger partial charge in [-0.05, 0) is 38.8 Å². The molecule has 1 saturated carbocycles. The molecule has 0 atom stereocenters. The lowest BCUT2D eigenvalue weighted by Gasteiger charge is -2.21. The predicted octanol–water partition coefficient (Wildman–Crippen LogP) is 4.48. The summed E-state index contributed by atoms with van der Waals surface area (Å²) < 4.78 is 7.73. The first kappa shape index (κ1) is 19.7. The first-order valence-electron chi connectivity index (χ1n) is 9.80. The molecule has 0 aliphatic heterocycles. The molecule has 1 amide bonds. The minimum Gasteiger partial charge on any atom is -0.492 e. The summed E-state index contributed by atoms with van der Waals surface area (Å²) in [7, 11) is 0. The quantitative estimate of drug-likeness (QED) is 0.676. The summed E-state index contributed by atoms with van der Waals surface area (Å²) >= 11 is 1.44. The van der Waals surface area contributed by atoms with Crippen molar-refractivity contribution in [1.29, 1.82) is 0 Å². The van der Waals surface area contributed by atoms with Crippen LogP contribution in [0.25, 0.3) is 0 Å². The summed E-state index contributed by atoms with van der Waals surface area (Å²) in [5.41, 5.74) is 0.699. The molecule has 7 heteroatoms. The molecule has 1 aromatic heterocycles. The molecular weight excluding hydrogens is 360 g/mol. The molecule has 146 valence electrons. The Labute approximate surface area is 165 Å². The summed E-state index contributed by atoms with van der Waals surface area (Å²) in [4.78, 5) is 12.4. The summed E-state index contributed by atoms with van der Waals surface area (Å²) in [5.74, 6) is 2.50. The van der Waals surface area contributed by atoms with Crippen LogP contribution in [0.15, 0.2) is 29.4 Å². The second-order valence-corrected chi connectivity index (χ2v) is 7.63. The van der Waals surface area contributed by atoms with Crippen LogP contribution in [0.5, 0.6) is 5.75 Å². The average molecular weight is 389 g/mol. The van der Waals surface area contributed by atoms with E-state index in [0.29, 0.717) is 29.7 Å². The Morgan fingerprint density at radius 1 is 1.22 bits per heavy atom. The fourth-order valence-corrected chi connectivity index (χ4v) is 4.34. The topological polar surface area (TPSA) is 69.0 Å². The van der Waals surface area contributed by atoms with Gasteiger partial charge in [-0.15, -0.1) is 10.2 Å². The van der Waals surface area contributed by atoms with E-state index < -0.39 is 0 Å². The zero-order chi connectivity index (χ0) is 19.1. The van der Waals surface area contributed by atoms with E-state index in [9.17, 15) is 4.79 Å². The molecule has 0 saturated heterocycles. The van der Waals surface area contributed by atoms with Crippen LogP contribution in [0, 0.1) is 0 Å². The average Bonchev–Trinajstić information content (AvgIpc) is 3.12. The molecule has 1 fully saturated rings. The first-order valence-corrected chi connectivity index (χ1v) is 10.8. The van der Waals surface area contributed by atoms with Crippen LogP contribution >= 0.6 is 11.8 Å². The van der Waals surface area contributed by atoms with Crippen molar-refractivity contribution in [2.75, 3.05) is 17.7 Å². The maximum absolute atomic E-state index is 12.4. The summed E-state index contributed by atoms with van der Waals surface area (Å²) in [6.45, 7) is 5.43. The van der Waals surface area contributed by atoms with E-state index in [1.165, 1.54) is 43.9 Å². The molecule has 1 N–H and O–H groups in total. The molecule has 2 aromatic rings. The number of thioether (sulfide) groups is 1. The fraction of sp³-hybridized carbons (Fsp3) is 0.550. The van der Waals surface area contributed by atoms with Crippen molar-refractivity contribution in [1.82, 2.24) is 14.8 Å². The first-order chi connectivity index (χ1) is 13.2. The number of ether oxygens (including phenoxy) is 1. The lowest BCUT2D eigenvalue weighted by Crippen LogP contribution is -2.16. The van der Waals surface area contributed by atoms with Gasteiger partial charge in [0.1, 0.15) is 11.6 Å². The monoisotopic (exact) mass is 388 g/mol. The number of carbonyl (C=O) groups is 1. The smallest absolute Gasteiger partial charge is 0.234 e. The van der Waals surface area contributed by atoms with Crippen LogP contribution in [0.2, 0.25) is 0 Å². The Morgan fingerprint density at radius 3 is 2.74 bits per heavy atom. The zero-order valence-electron chi connectivity index (χ0n) is 16.1. The number of nitrogens with zero attached hydrogens (tertiary/aromatic N) is 3. The van der Waals surface area contributed by atoms with E-state index in [1.807, 2.05) is 31.2 Å². The zero-order valence-corrected chi connectivity index (χ0v) is 16.9. The Kier molecular flexibility index (Phi) is 7.15. The fourth-order valence-electron chi connectivity index (χ4n) is 3.53. The van der Waals surface area contributed by atoms with Gasteiger partial charge in [0.05, 0.1) is 18.0 Å². The van der Waals surface area contributed by atoms with Crippen LogP contribution in [-0.4, -0.2) is 33.0 Å². The van der Waals surface area contributed by atoms with Crippen LogP contribution in [0.3, 0.4) is 0 Å². The van der Waals surface area contributed by atoms with Crippen LogP contribution in [-0.2, 0) is 11.3 Å². The van der Waals surface area contributed by atoms with Crippen LogP contribution in [0.4, 0.5) is 5.69 Å². The van der Waals surface area contributed by atoms with Crippen molar-refractivity contribution in [2.24, 2.45) is 0 Å². The minimum atomic E-state index is -0.0722. The second kappa shape index (κ2) is 9.78. The number of rotatable bonds is 8. The van der Waals surface area contributed by atoms with Crippen molar-refractivity contribution in [3.63, 3.8) is 0 Å². The second-order valence-electron chi connectivity index (χ2n) is 6.69. The maximum Gasteiger partial charge on any atom is 0.234 e. The SMILES string of the molecule is CCOc1ccccc1NC(=O)CSc1nnc(C2CCCCC2)n1CC. The molecule has 1 heterocycles. The summed E-state index contributed by atoms with van der Waals surface area (Å²) in [6.07, 6.45) is 6.24. The normalized spacial score (nSPS) is 14.9. The van der Waals surface area contributed by atoms with E-state index in [4.69, 9.17) is 4.74 Å². The van der Waals surface area contributed by atoms with Crippen molar-refractivity contribution in [3.8, 4) is 5.75 Å². The molecule has 0 spiro atoms. The lowest BCUT2D eigenvalue weighted by atomic mass is 9.89. The molecule has 27 heavy (non-hydrogen) atoms. The number of nitrogens with one attached hydrogen (secondary N) is 1. The van der Waals surface area contributed by atoms with Crippen LogP contribution in [0.1, 0.15) is 57.7 Å². The minimum absolute atomic E-state index is 0.0722. The predicted molar refractivity (Wildman–Crippen MR) is 108 cm³/mol. The van der Waals surface area contributed by atoms with Gasteiger partial charge < -0.3 is 14.6 Å². The molecular formula is C20H28N4O2S. The summed E-state index contributed by atoms with van der Waals surface area (Å²) in [6, 6.07) is 7.49. The molecule has 1 aliphatic rings. The van der Waals surface area contributed by atoms with E-state index in [2.05, 4.69) is 27.0 Å². The molecule has 0 radical (unpaired) electrons. The number of amides is 1. The van der Waals surface area contributed by atoms with E-state index >= 15 is 0 Å². The number of para-hydroxylation sites is 2. The standard InChI is InChI=1S/C20H28N4O2S/c1-3-24-19(15-10-6-5-7-11-15)22-23-20(24)27-14-18(25)21-16-12-8-9-13-17(16)26-4-2/h8-9,12-13,15H,3-7,10-11,14H2,1-2H3,(H,21,25). The molecule has 1 aliphatic carbocycles. The Morgan fingerprint density at radius 2 is 2.00 bits per heavy atom. The number of carbonyl (C=O) groups excluding carboxylic acids is 1. The van der Waals surface area contributed by atoms with Crippen molar-refractivity contribution in [2.45, 2.75) is 63.6 Å². The maximum atomic E-state index is 12.4. The third-order valence-electron chi connectivity index (χ3n) is 4.83. The van der Waals surface area contributed by atoms with Gasteiger partial charge in [0, 0.05) is 12.5 Å². The largest absolute Gasteiger partial charge is 0.492 e. The number of benzene rings is 1. The van der Waals surface area contributed by atoms with Crippen molar-refractivity contribution >= 4 is 23.4 Å². The number of anilines is 1. The van der Waals surface area contributed by atoms with Gasteiger partial charge in [0.25, 0.3) is 0 Å². The van der Waals surface area contributed by atoms with Gasteiger partial charge in [0.2, 0.25) is 5.91 Å². The van der Waals surface area contributed by atoms with E-state index in [1.54, 1.807) is 0 Å². The van der Waals surface area contributed by atoms with Gasteiger partial charge in [-0.25, -0.2) is 0 Å². The Balaban J connectivity index is 1.61. The van der Waals surface area contributed by atoms with Gasteiger partial charge in [-0.2, -0.15) is 0 Å². The highest BCUT2D eigenvalue weighted by Crippen LogP contribution is 2.33. The molecule has 1 aromatic carbocycles.